The lowest BCUT2D eigenvalue weighted by Gasteiger charge is -2.09. The lowest BCUT2D eigenvalue weighted by atomic mass is 10.1. The number of aromatic nitrogens is 1. The standard InChI is InChI=1S/C28H22N4O5S/c1-17-21(27(34)35)7-5-8-23(17)29-28-30(2)26(33)25(38-28)14-19-16-31(24-9-4-3-6-22(19)24)15-18-10-12-20(13-11-18)32(36)37/h3-14,16H,15H2,1-2H3,(H,34,35)/b25-14-,29-28?. The quantitative estimate of drug-likeness (QED) is 0.192. The van der Waals surface area contributed by atoms with Crippen LogP contribution in [0, 0.1) is 17.0 Å². The number of hydrogen-bond acceptors (Lipinski definition) is 6. The van der Waals surface area contributed by atoms with E-state index < -0.39 is 10.9 Å². The molecule has 190 valence electrons. The van der Waals surface area contributed by atoms with Crippen LogP contribution < -0.4 is 0 Å². The Morgan fingerprint density at radius 3 is 2.55 bits per heavy atom. The van der Waals surface area contributed by atoms with Crippen molar-refractivity contribution in [2.24, 2.45) is 4.99 Å². The molecule has 2 heterocycles. The van der Waals surface area contributed by atoms with Crippen molar-refractivity contribution in [1.29, 1.82) is 0 Å². The molecule has 4 aromatic rings. The minimum absolute atomic E-state index is 0.0415. The Balaban J connectivity index is 1.48. The first-order valence-electron chi connectivity index (χ1n) is 11.6. The van der Waals surface area contributed by atoms with Gasteiger partial charge in [0.15, 0.2) is 5.17 Å². The average molecular weight is 527 g/mol. The normalized spacial score (nSPS) is 15.6. The van der Waals surface area contributed by atoms with Gasteiger partial charge in [-0.3, -0.25) is 19.8 Å². The number of thioether (sulfide) groups is 1. The van der Waals surface area contributed by atoms with Gasteiger partial charge in [-0.1, -0.05) is 36.4 Å². The number of rotatable bonds is 6. The highest BCUT2D eigenvalue weighted by atomic mass is 32.2. The van der Waals surface area contributed by atoms with Crippen molar-refractivity contribution in [3.05, 3.63) is 110 Å². The summed E-state index contributed by atoms with van der Waals surface area (Å²) in [4.78, 5) is 41.7. The summed E-state index contributed by atoms with van der Waals surface area (Å²) < 4.78 is 2.05. The molecule has 0 aliphatic carbocycles. The highest BCUT2D eigenvalue weighted by Crippen LogP contribution is 2.36. The second kappa shape index (κ2) is 9.98. The van der Waals surface area contributed by atoms with E-state index >= 15 is 0 Å². The maximum atomic E-state index is 13.1. The Morgan fingerprint density at radius 1 is 1.11 bits per heavy atom. The fourth-order valence-corrected chi connectivity index (χ4v) is 5.28. The van der Waals surface area contributed by atoms with E-state index in [0.29, 0.717) is 27.9 Å². The van der Waals surface area contributed by atoms with Crippen molar-refractivity contribution >= 4 is 57.2 Å². The molecule has 0 saturated carbocycles. The predicted molar refractivity (Wildman–Crippen MR) is 148 cm³/mol. The summed E-state index contributed by atoms with van der Waals surface area (Å²) in [7, 11) is 1.64. The summed E-state index contributed by atoms with van der Waals surface area (Å²) in [5, 5.41) is 21.8. The number of aromatic carboxylic acids is 1. The van der Waals surface area contributed by atoms with Crippen LogP contribution in [0.2, 0.25) is 0 Å². The smallest absolute Gasteiger partial charge is 0.336 e. The molecule has 1 aromatic heterocycles. The van der Waals surface area contributed by atoms with Gasteiger partial charge in [-0.15, -0.1) is 0 Å². The zero-order chi connectivity index (χ0) is 27.0. The third-order valence-corrected chi connectivity index (χ3v) is 7.42. The number of nitrogens with zero attached hydrogens (tertiary/aromatic N) is 4. The number of carboxylic acids is 1. The van der Waals surface area contributed by atoms with Gasteiger partial charge in [0.2, 0.25) is 0 Å². The highest BCUT2D eigenvalue weighted by Gasteiger charge is 2.31. The average Bonchev–Trinajstić information content (AvgIpc) is 3.37. The Hall–Kier alpha value is -4.70. The number of fused-ring (bicyclic) bond motifs is 1. The zero-order valence-electron chi connectivity index (χ0n) is 20.5. The number of carbonyl (C=O) groups is 2. The second-order valence-electron chi connectivity index (χ2n) is 8.78. The fraction of sp³-hybridized carbons (Fsp3) is 0.107. The van der Waals surface area contributed by atoms with Crippen molar-refractivity contribution in [2.45, 2.75) is 13.5 Å². The van der Waals surface area contributed by atoms with Gasteiger partial charge in [0.25, 0.3) is 11.6 Å². The van der Waals surface area contributed by atoms with E-state index in [1.165, 1.54) is 34.9 Å². The molecule has 1 saturated heterocycles. The van der Waals surface area contributed by atoms with E-state index in [4.69, 9.17) is 0 Å². The van der Waals surface area contributed by atoms with Gasteiger partial charge in [-0.2, -0.15) is 0 Å². The molecule has 1 N–H and O–H groups in total. The van der Waals surface area contributed by atoms with Crippen molar-refractivity contribution in [3.8, 4) is 0 Å². The Labute approximate surface area is 221 Å². The Bertz CT molecular complexity index is 1670. The summed E-state index contributed by atoms with van der Waals surface area (Å²) in [5.74, 6) is -1.23. The number of aliphatic imine (C=N–C) groups is 1. The number of nitro benzene ring substituents is 1. The number of carbonyl (C=O) groups excluding carboxylic acids is 1. The largest absolute Gasteiger partial charge is 0.478 e. The number of hydrogen-bond donors (Lipinski definition) is 1. The topological polar surface area (TPSA) is 118 Å². The molecular formula is C28H22N4O5S. The molecule has 3 aromatic carbocycles. The van der Waals surface area contributed by atoms with Crippen LogP contribution in [0.15, 0.2) is 82.8 Å². The van der Waals surface area contributed by atoms with Crippen molar-refractivity contribution in [2.75, 3.05) is 7.05 Å². The van der Waals surface area contributed by atoms with Crippen molar-refractivity contribution in [1.82, 2.24) is 9.47 Å². The molecule has 10 heteroatoms. The number of carboxylic acid groups (broad SMARTS) is 1. The van der Waals surface area contributed by atoms with Crippen LogP contribution >= 0.6 is 11.8 Å². The van der Waals surface area contributed by atoms with Gasteiger partial charge >= 0.3 is 5.97 Å². The molecule has 1 aliphatic rings. The predicted octanol–water partition coefficient (Wildman–Crippen LogP) is 5.84. The molecule has 1 amide bonds. The molecule has 0 bridgehead atoms. The van der Waals surface area contributed by atoms with Gasteiger partial charge in [0.05, 0.1) is 21.1 Å². The van der Waals surface area contributed by atoms with Crippen LogP contribution in [-0.2, 0) is 11.3 Å². The van der Waals surface area contributed by atoms with E-state index in [1.54, 1.807) is 38.2 Å². The summed E-state index contributed by atoms with van der Waals surface area (Å²) in [5.41, 5.74) is 3.97. The third-order valence-electron chi connectivity index (χ3n) is 6.36. The number of amides is 1. The summed E-state index contributed by atoms with van der Waals surface area (Å²) >= 11 is 1.23. The number of amidine groups is 1. The van der Waals surface area contributed by atoms with Crippen LogP contribution in [-0.4, -0.2) is 43.6 Å². The van der Waals surface area contributed by atoms with Gasteiger partial charge in [0, 0.05) is 48.4 Å². The molecule has 0 atom stereocenters. The van der Waals surface area contributed by atoms with Crippen LogP contribution in [0.4, 0.5) is 11.4 Å². The Morgan fingerprint density at radius 2 is 1.84 bits per heavy atom. The van der Waals surface area contributed by atoms with E-state index in [1.807, 2.05) is 41.1 Å². The molecule has 5 rings (SSSR count). The zero-order valence-corrected chi connectivity index (χ0v) is 21.3. The van der Waals surface area contributed by atoms with Gasteiger partial charge < -0.3 is 9.67 Å². The van der Waals surface area contributed by atoms with Gasteiger partial charge in [-0.05, 0) is 54.1 Å². The third kappa shape index (κ3) is 4.69. The summed E-state index contributed by atoms with van der Waals surface area (Å²) in [6.45, 7) is 2.20. The van der Waals surface area contributed by atoms with Crippen LogP contribution in [0.3, 0.4) is 0 Å². The molecule has 0 spiro atoms. The fourth-order valence-electron chi connectivity index (χ4n) is 4.31. The van der Waals surface area contributed by atoms with E-state index in [-0.39, 0.29) is 17.2 Å². The molecule has 0 unspecified atom stereocenters. The molecule has 1 fully saturated rings. The molecule has 0 radical (unpaired) electrons. The number of para-hydroxylation sites is 1. The highest BCUT2D eigenvalue weighted by molar-refractivity contribution is 8.18. The maximum Gasteiger partial charge on any atom is 0.336 e. The van der Waals surface area contributed by atoms with Gasteiger partial charge in [-0.25, -0.2) is 9.79 Å². The van der Waals surface area contributed by atoms with Crippen LogP contribution in [0.1, 0.15) is 27.0 Å². The van der Waals surface area contributed by atoms with Crippen molar-refractivity contribution < 1.29 is 19.6 Å². The van der Waals surface area contributed by atoms with Gasteiger partial charge in [0.1, 0.15) is 0 Å². The maximum absolute atomic E-state index is 13.1. The molecule has 38 heavy (non-hydrogen) atoms. The summed E-state index contributed by atoms with van der Waals surface area (Å²) in [6, 6.07) is 19.2. The molecule has 1 aliphatic heterocycles. The van der Waals surface area contributed by atoms with E-state index in [9.17, 15) is 24.8 Å². The van der Waals surface area contributed by atoms with Crippen LogP contribution in [0.5, 0.6) is 0 Å². The van der Waals surface area contributed by atoms with E-state index in [2.05, 4.69) is 4.99 Å². The number of benzene rings is 3. The first kappa shape index (κ1) is 25.0. The minimum atomic E-state index is -1.03. The molecule has 9 nitrogen and oxygen atoms in total. The first-order chi connectivity index (χ1) is 18.2. The SMILES string of the molecule is Cc1c(N=C2S/C(=C\c3cn(Cc4ccc([N+](=O)[O-])cc4)c4ccccc34)C(=O)N2C)cccc1C(=O)O. The number of non-ortho nitro benzene ring substituents is 1. The minimum Gasteiger partial charge on any atom is -0.478 e. The summed E-state index contributed by atoms with van der Waals surface area (Å²) in [6.07, 6.45) is 3.80. The number of nitro groups is 1. The Kier molecular flexibility index (Phi) is 6.56. The second-order valence-corrected chi connectivity index (χ2v) is 9.79. The lowest BCUT2D eigenvalue weighted by molar-refractivity contribution is -0.384. The number of likely N-dealkylation sites (N-methyl/N-ethyl adjacent to an activating group) is 1. The molecular weight excluding hydrogens is 504 g/mol. The van der Waals surface area contributed by atoms with Crippen LogP contribution in [0.25, 0.3) is 17.0 Å². The lowest BCUT2D eigenvalue weighted by Crippen LogP contribution is -2.23. The monoisotopic (exact) mass is 526 g/mol. The van der Waals surface area contributed by atoms with Crippen molar-refractivity contribution in [3.63, 3.8) is 0 Å². The first-order valence-corrected chi connectivity index (χ1v) is 12.4. The van der Waals surface area contributed by atoms with E-state index in [0.717, 1.165) is 22.0 Å².